The molecule has 4 aliphatic carbocycles. The Labute approximate surface area is 123 Å². The third-order valence-corrected chi connectivity index (χ3v) is 8.69. The number of ether oxygens (including phenoxy) is 1. The average molecular weight is 274 g/mol. The summed E-state index contributed by atoms with van der Waals surface area (Å²) in [6.45, 7) is 3.76. The number of hydrogen-bond acceptors (Lipinski definition) is 1. The maximum absolute atomic E-state index is 6.22. The molecule has 20 heavy (non-hydrogen) atoms. The zero-order chi connectivity index (χ0) is 13.4. The van der Waals surface area contributed by atoms with Crippen LogP contribution in [0.2, 0.25) is 0 Å². The summed E-state index contributed by atoms with van der Waals surface area (Å²) in [5, 5.41) is 0. The van der Waals surface area contributed by atoms with Crippen LogP contribution in [-0.4, -0.2) is 12.7 Å². The van der Waals surface area contributed by atoms with E-state index >= 15 is 0 Å². The Hall–Kier alpha value is -0.0400. The van der Waals surface area contributed by atoms with E-state index in [1.54, 1.807) is 12.8 Å². The highest BCUT2D eigenvalue weighted by Gasteiger charge is 2.61. The first kappa shape index (κ1) is 12.5. The van der Waals surface area contributed by atoms with E-state index in [1.807, 2.05) is 0 Å². The number of fused-ring (bicyclic) bond motifs is 5. The quantitative estimate of drug-likeness (QED) is 0.616. The third kappa shape index (κ3) is 1.44. The minimum absolute atomic E-state index is 0.627. The summed E-state index contributed by atoms with van der Waals surface area (Å²) in [5.74, 6) is 4.18. The molecule has 0 amide bonds. The highest BCUT2D eigenvalue weighted by Crippen LogP contribution is 2.67. The van der Waals surface area contributed by atoms with E-state index in [4.69, 9.17) is 4.74 Å². The van der Waals surface area contributed by atoms with E-state index in [2.05, 4.69) is 6.92 Å². The highest BCUT2D eigenvalue weighted by atomic mass is 16.5. The molecular formula is C19H30O. The fraction of sp³-hybridized carbons (Fsp3) is 1.00. The van der Waals surface area contributed by atoms with E-state index in [-0.39, 0.29) is 0 Å². The van der Waals surface area contributed by atoms with Crippen LogP contribution in [0.3, 0.4) is 0 Å². The molecule has 1 nitrogen and oxygen atoms in total. The smallest absolute Gasteiger partial charge is 0.0578 e. The third-order valence-electron chi connectivity index (χ3n) is 8.69. The Kier molecular flexibility index (Phi) is 2.52. The molecular weight excluding hydrogens is 244 g/mol. The van der Waals surface area contributed by atoms with Gasteiger partial charge in [-0.1, -0.05) is 13.3 Å². The molecule has 0 aromatic carbocycles. The van der Waals surface area contributed by atoms with E-state index in [0.717, 1.165) is 35.7 Å². The highest BCUT2D eigenvalue weighted by molar-refractivity contribution is 5.10. The van der Waals surface area contributed by atoms with E-state index < -0.39 is 0 Å². The Morgan fingerprint density at radius 3 is 2.70 bits per heavy atom. The zero-order valence-corrected chi connectivity index (χ0v) is 13.1. The molecule has 2 bridgehead atoms. The average Bonchev–Trinajstić information content (AvgIpc) is 2.88. The van der Waals surface area contributed by atoms with E-state index in [9.17, 15) is 0 Å². The van der Waals surface area contributed by atoms with Crippen molar-refractivity contribution in [3.8, 4) is 0 Å². The van der Waals surface area contributed by atoms with Crippen LogP contribution in [0, 0.1) is 34.5 Å². The van der Waals surface area contributed by atoms with Gasteiger partial charge in [0.25, 0.3) is 0 Å². The molecule has 2 aliphatic heterocycles. The second-order valence-corrected chi connectivity index (χ2v) is 9.18. The lowest BCUT2D eigenvalue weighted by Crippen LogP contribution is -2.59. The summed E-state index contributed by atoms with van der Waals surface area (Å²) in [7, 11) is 0. The number of hydrogen-bond donors (Lipinski definition) is 0. The van der Waals surface area contributed by atoms with Crippen LogP contribution in [0.15, 0.2) is 0 Å². The number of rotatable bonds is 0. The lowest BCUT2D eigenvalue weighted by molar-refractivity contribution is -0.218. The molecule has 7 atom stereocenters. The van der Waals surface area contributed by atoms with Crippen molar-refractivity contribution in [1.29, 1.82) is 0 Å². The summed E-state index contributed by atoms with van der Waals surface area (Å²) in [4.78, 5) is 0. The molecule has 0 radical (unpaired) electrons. The largest absolute Gasteiger partial charge is 0.378 e. The molecule has 0 aromatic heterocycles. The van der Waals surface area contributed by atoms with Crippen LogP contribution in [0.5, 0.6) is 0 Å². The second-order valence-electron chi connectivity index (χ2n) is 9.18. The monoisotopic (exact) mass is 274 g/mol. The van der Waals surface area contributed by atoms with Gasteiger partial charge in [0.05, 0.1) is 12.7 Å². The first-order valence-electron chi connectivity index (χ1n) is 9.33. The van der Waals surface area contributed by atoms with Gasteiger partial charge in [-0.15, -0.1) is 0 Å². The Bertz CT molecular complexity index is 408. The molecule has 1 spiro atoms. The van der Waals surface area contributed by atoms with Crippen molar-refractivity contribution in [2.75, 3.05) is 6.61 Å². The minimum atomic E-state index is 0.627. The van der Waals surface area contributed by atoms with E-state index in [0.29, 0.717) is 11.5 Å². The van der Waals surface area contributed by atoms with Gasteiger partial charge in [0.2, 0.25) is 0 Å². The van der Waals surface area contributed by atoms with Gasteiger partial charge < -0.3 is 4.74 Å². The fourth-order valence-electron chi connectivity index (χ4n) is 7.71. The van der Waals surface area contributed by atoms with Crippen LogP contribution >= 0.6 is 0 Å². The van der Waals surface area contributed by atoms with Gasteiger partial charge in [0.1, 0.15) is 0 Å². The van der Waals surface area contributed by atoms with Gasteiger partial charge in [-0.2, -0.15) is 0 Å². The lowest BCUT2D eigenvalue weighted by atomic mass is 9.44. The summed E-state index contributed by atoms with van der Waals surface area (Å²) in [6.07, 6.45) is 15.7. The van der Waals surface area contributed by atoms with Gasteiger partial charge >= 0.3 is 0 Å². The molecule has 112 valence electrons. The van der Waals surface area contributed by atoms with E-state index in [1.165, 1.54) is 51.4 Å². The molecule has 4 saturated carbocycles. The van der Waals surface area contributed by atoms with Crippen molar-refractivity contribution in [3.63, 3.8) is 0 Å². The summed E-state index contributed by atoms with van der Waals surface area (Å²) >= 11 is 0. The maximum atomic E-state index is 6.22. The van der Waals surface area contributed by atoms with Crippen molar-refractivity contribution in [1.82, 2.24) is 0 Å². The zero-order valence-electron chi connectivity index (χ0n) is 13.1. The standard InChI is InChI=1S/C19H30O/c1-18-8-2-3-16(18)15-5-4-13-11-14-6-10-19(13,12-20-14)17(15)7-9-18/h13-17H,2-12H2,1H3/t13-,14?,15-,16-,17-,18-,19+/m0/s1. The molecule has 2 saturated heterocycles. The molecule has 1 heteroatoms. The van der Waals surface area contributed by atoms with Crippen LogP contribution in [0.1, 0.15) is 71.1 Å². The maximum Gasteiger partial charge on any atom is 0.0578 e. The van der Waals surface area contributed by atoms with Crippen molar-refractivity contribution in [2.24, 2.45) is 34.5 Å². The molecule has 1 unspecified atom stereocenters. The van der Waals surface area contributed by atoms with Crippen LogP contribution in [0.25, 0.3) is 0 Å². The van der Waals surface area contributed by atoms with Crippen molar-refractivity contribution in [2.45, 2.75) is 77.2 Å². The Morgan fingerprint density at radius 1 is 0.900 bits per heavy atom. The molecule has 0 aromatic rings. The van der Waals surface area contributed by atoms with Crippen molar-refractivity contribution < 1.29 is 4.74 Å². The van der Waals surface area contributed by atoms with Gasteiger partial charge in [0.15, 0.2) is 0 Å². The lowest BCUT2D eigenvalue weighted by Gasteiger charge is -2.64. The Morgan fingerprint density at radius 2 is 1.85 bits per heavy atom. The predicted octanol–water partition coefficient (Wildman–Crippen LogP) is 4.80. The van der Waals surface area contributed by atoms with Gasteiger partial charge in [-0.3, -0.25) is 0 Å². The van der Waals surface area contributed by atoms with Gasteiger partial charge in [-0.25, -0.2) is 0 Å². The molecule has 0 N–H and O–H groups in total. The fourth-order valence-corrected chi connectivity index (χ4v) is 7.71. The molecule has 2 heterocycles. The first-order valence-corrected chi connectivity index (χ1v) is 9.33. The second kappa shape index (κ2) is 4.03. The molecule has 6 rings (SSSR count). The predicted molar refractivity (Wildman–Crippen MR) is 80.4 cm³/mol. The van der Waals surface area contributed by atoms with Crippen molar-refractivity contribution in [3.05, 3.63) is 0 Å². The van der Waals surface area contributed by atoms with Crippen molar-refractivity contribution >= 4 is 0 Å². The van der Waals surface area contributed by atoms with Crippen LogP contribution in [0.4, 0.5) is 0 Å². The molecule has 6 fully saturated rings. The van der Waals surface area contributed by atoms with Crippen LogP contribution in [-0.2, 0) is 4.74 Å². The Balaban J connectivity index is 1.51. The summed E-state index contributed by atoms with van der Waals surface area (Å²) in [6, 6.07) is 0. The van der Waals surface area contributed by atoms with Gasteiger partial charge in [0, 0.05) is 0 Å². The molecule has 6 aliphatic rings. The van der Waals surface area contributed by atoms with Gasteiger partial charge in [-0.05, 0) is 92.3 Å². The summed E-state index contributed by atoms with van der Waals surface area (Å²) in [5.41, 5.74) is 1.35. The normalized spacial score (nSPS) is 60.8. The SMILES string of the molecule is C[C@@]12CCC[C@H]1[C@@H]1CC[C@H]3CC4CC[C@]3(CO4)[C@H]1CC2. The summed E-state index contributed by atoms with van der Waals surface area (Å²) < 4.78 is 6.22. The van der Waals surface area contributed by atoms with Crippen LogP contribution < -0.4 is 0 Å². The first-order chi connectivity index (χ1) is 9.71. The minimum Gasteiger partial charge on any atom is -0.378 e. The topological polar surface area (TPSA) is 9.23 Å².